The Morgan fingerprint density at radius 3 is 2.61 bits per heavy atom. The van der Waals surface area contributed by atoms with Crippen LogP contribution in [0.25, 0.3) is 16.4 Å². The van der Waals surface area contributed by atoms with E-state index >= 15 is 0 Å². The number of hydrogen-bond acceptors (Lipinski definition) is 4. The summed E-state index contributed by atoms with van der Waals surface area (Å²) in [6.45, 7) is 16.8. The second-order valence-corrected chi connectivity index (χ2v) is 10.7. The SMILES string of the molecule is CC.CC(C)C.Cc1nc2ccc(C3=CC(=O)N4C=C(N5CC[C@@H](C)C5)C=CC4P3)cc2o1. The van der Waals surface area contributed by atoms with E-state index in [9.17, 15) is 4.79 Å². The number of aromatic nitrogens is 1. The number of hydrogen-bond donors (Lipinski definition) is 0. The summed E-state index contributed by atoms with van der Waals surface area (Å²) in [6.07, 6.45) is 9.40. The summed E-state index contributed by atoms with van der Waals surface area (Å²) < 4.78 is 5.65. The van der Waals surface area contributed by atoms with E-state index in [1.54, 1.807) is 6.08 Å². The lowest BCUT2D eigenvalue weighted by molar-refractivity contribution is -0.123. The molecule has 0 N–H and O–H groups in total. The minimum absolute atomic E-state index is 0.0525. The number of benzene rings is 1. The van der Waals surface area contributed by atoms with Gasteiger partial charge in [0.1, 0.15) is 5.52 Å². The number of nitrogens with zero attached hydrogens (tertiary/aromatic N) is 3. The summed E-state index contributed by atoms with van der Waals surface area (Å²) in [5, 5.41) is 1.08. The van der Waals surface area contributed by atoms with Gasteiger partial charge in [0.25, 0.3) is 5.91 Å². The Kier molecular flexibility index (Phi) is 8.53. The van der Waals surface area contributed by atoms with Crippen LogP contribution in [0.5, 0.6) is 0 Å². The Morgan fingerprint density at radius 1 is 1.21 bits per heavy atom. The Hall–Kier alpha value is -2.39. The molecule has 33 heavy (non-hydrogen) atoms. The molecule has 5 rings (SSSR count). The van der Waals surface area contributed by atoms with Crippen LogP contribution in [0.2, 0.25) is 0 Å². The van der Waals surface area contributed by atoms with Gasteiger partial charge in [-0.2, -0.15) is 0 Å². The zero-order valence-electron chi connectivity index (χ0n) is 21.1. The second kappa shape index (κ2) is 11.2. The molecule has 0 radical (unpaired) electrons. The molecule has 2 aromatic rings. The molecule has 178 valence electrons. The molecule has 0 aliphatic carbocycles. The van der Waals surface area contributed by atoms with Gasteiger partial charge in [-0.15, -0.1) is 0 Å². The van der Waals surface area contributed by atoms with Crippen molar-refractivity contribution in [1.82, 2.24) is 14.8 Å². The van der Waals surface area contributed by atoms with Crippen molar-refractivity contribution in [2.45, 2.75) is 60.7 Å². The van der Waals surface area contributed by atoms with Gasteiger partial charge in [-0.25, -0.2) is 4.98 Å². The zero-order chi connectivity index (χ0) is 24.1. The van der Waals surface area contributed by atoms with Crippen LogP contribution < -0.4 is 0 Å². The summed E-state index contributed by atoms with van der Waals surface area (Å²) in [6, 6.07) is 5.99. The lowest BCUT2D eigenvalue weighted by Crippen LogP contribution is -2.37. The maximum Gasteiger partial charge on any atom is 0.252 e. The quantitative estimate of drug-likeness (QED) is 0.458. The highest BCUT2D eigenvalue weighted by Crippen LogP contribution is 2.45. The summed E-state index contributed by atoms with van der Waals surface area (Å²) in [7, 11) is 0.513. The lowest BCUT2D eigenvalue weighted by Gasteiger charge is -2.35. The molecule has 1 amide bonds. The van der Waals surface area contributed by atoms with Gasteiger partial charge in [0, 0.05) is 32.3 Å². The number of fused-ring (bicyclic) bond motifs is 2. The maximum atomic E-state index is 12.8. The Balaban J connectivity index is 0.000000464. The van der Waals surface area contributed by atoms with E-state index in [4.69, 9.17) is 4.42 Å². The van der Waals surface area contributed by atoms with Crippen molar-refractivity contribution < 1.29 is 9.21 Å². The third kappa shape index (κ3) is 6.14. The molecule has 0 saturated carbocycles. The first kappa shape index (κ1) is 25.2. The first-order chi connectivity index (χ1) is 15.8. The normalized spacial score (nSPS) is 22.5. The Morgan fingerprint density at radius 2 is 1.94 bits per heavy atom. The van der Waals surface area contributed by atoms with E-state index in [1.165, 1.54) is 6.42 Å². The lowest BCUT2D eigenvalue weighted by atomic mass is 10.1. The van der Waals surface area contributed by atoms with Crippen molar-refractivity contribution in [3.8, 4) is 0 Å². The minimum atomic E-state index is 0.0525. The van der Waals surface area contributed by atoms with Gasteiger partial charge in [0.05, 0.1) is 11.5 Å². The van der Waals surface area contributed by atoms with Gasteiger partial charge >= 0.3 is 0 Å². The standard InChI is InChI=1S/C21H22N3O2P.C4H10.C2H6/c1-13-7-8-23(11-13)16-4-6-21-24(12-16)20(25)10-19(27-21)15-3-5-17-18(9-15)26-14(2)22-17;1-4(2)3;1-2/h3-6,9-10,12-13,21,27H,7-8,11H2,1-2H3;4H,1-3H3;1-2H3/t13-,21?;;/m1../s1. The topological polar surface area (TPSA) is 49.6 Å². The van der Waals surface area contributed by atoms with Gasteiger partial charge < -0.3 is 14.2 Å². The van der Waals surface area contributed by atoms with Crippen LogP contribution in [0.4, 0.5) is 0 Å². The third-order valence-electron chi connectivity index (χ3n) is 5.44. The molecule has 1 fully saturated rings. The number of allylic oxidation sites excluding steroid dienone is 1. The summed E-state index contributed by atoms with van der Waals surface area (Å²) in [5.74, 6) is 2.37. The van der Waals surface area contributed by atoms with Crippen LogP contribution in [-0.4, -0.2) is 39.6 Å². The predicted molar refractivity (Wildman–Crippen MR) is 140 cm³/mol. The molecule has 2 unspecified atom stereocenters. The number of likely N-dealkylation sites (tertiary alicyclic amines) is 1. The van der Waals surface area contributed by atoms with Gasteiger partial charge in [0.15, 0.2) is 11.5 Å². The molecule has 3 aliphatic heterocycles. The molecule has 1 aromatic heterocycles. The Labute approximate surface area is 200 Å². The molecule has 4 heterocycles. The van der Waals surface area contributed by atoms with Crippen LogP contribution in [0.1, 0.15) is 59.4 Å². The molecule has 3 aliphatic rings. The van der Waals surface area contributed by atoms with Gasteiger partial charge in [0.2, 0.25) is 0 Å². The zero-order valence-corrected chi connectivity index (χ0v) is 22.1. The summed E-state index contributed by atoms with van der Waals surface area (Å²) in [4.78, 5) is 21.4. The minimum Gasteiger partial charge on any atom is -0.441 e. The van der Waals surface area contributed by atoms with Crippen molar-refractivity contribution >= 4 is 30.9 Å². The molecule has 0 bridgehead atoms. The highest BCUT2D eigenvalue weighted by Gasteiger charge is 2.30. The van der Waals surface area contributed by atoms with Crippen molar-refractivity contribution in [3.05, 3.63) is 59.8 Å². The van der Waals surface area contributed by atoms with E-state index < -0.39 is 0 Å². The van der Waals surface area contributed by atoms with Crippen LogP contribution in [0, 0.1) is 18.8 Å². The average molecular weight is 468 g/mol. The average Bonchev–Trinajstić information content (AvgIpc) is 3.38. The molecule has 0 spiro atoms. The van der Waals surface area contributed by atoms with Crippen LogP contribution >= 0.6 is 8.58 Å². The van der Waals surface area contributed by atoms with Crippen LogP contribution in [0.15, 0.2) is 52.7 Å². The second-order valence-electron chi connectivity index (χ2n) is 9.29. The monoisotopic (exact) mass is 467 g/mol. The molecular formula is C27H38N3O2P. The summed E-state index contributed by atoms with van der Waals surface area (Å²) >= 11 is 0. The number of carbonyl (C=O) groups excluding carboxylic acids is 1. The van der Waals surface area contributed by atoms with Gasteiger partial charge in [-0.3, -0.25) is 4.79 Å². The van der Waals surface area contributed by atoms with E-state index in [2.05, 4.69) is 49.7 Å². The van der Waals surface area contributed by atoms with E-state index in [0.29, 0.717) is 14.5 Å². The van der Waals surface area contributed by atoms with Crippen molar-refractivity contribution in [2.75, 3.05) is 13.1 Å². The van der Waals surface area contributed by atoms with E-state index in [0.717, 1.165) is 52.6 Å². The fraction of sp³-hybridized carbons (Fsp3) is 0.481. The number of amides is 1. The molecule has 6 heteroatoms. The fourth-order valence-electron chi connectivity index (χ4n) is 4.00. The smallest absolute Gasteiger partial charge is 0.252 e. The third-order valence-corrected chi connectivity index (χ3v) is 6.95. The van der Waals surface area contributed by atoms with Crippen molar-refractivity contribution in [3.63, 3.8) is 0 Å². The Bertz CT molecular complexity index is 1060. The molecular weight excluding hydrogens is 429 g/mol. The first-order valence-electron chi connectivity index (χ1n) is 12.1. The van der Waals surface area contributed by atoms with Crippen molar-refractivity contribution in [2.24, 2.45) is 11.8 Å². The van der Waals surface area contributed by atoms with Gasteiger partial charge in [-0.05, 0) is 47.3 Å². The van der Waals surface area contributed by atoms with E-state index in [-0.39, 0.29) is 11.7 Å². The highest BCUT2D eigenvalue weighted by atomic mass is 31.1. The number of rotatable bonds is 2. The number of aryl methyl sites for hydroxylation is 1. The largest absolute Gasteiger partial charge is 0.441 e. The molecule has 1 saturated heterocycles. The summed E-state index contributed by atoms with van der Waals surface area (Å²) in [5.41, 5.74) is 3.83. The van der Waals surface area contributed by atoms with Crippen LogP contribution in [-0.2, 0) is 4.79 Å². The highest BCUT2D eigenvalue weighted by molar-refractivity contribution is 7.51. The van der Waals surface area contributed by atoms with Crippen LogP contribution in [0.3, 0.4) is 0 Å². The molecule has 5 nitrogen and oxygen atoms in total. The molecule has 1 aromatic carbocycles. The maximum absolute atomic E-state index is 12.8. The number of oxazole rings is 1. The van der Waals surface area contributed by atoms with Crippen molar-refractivity contribution in [1.29, 1.82) is 0 Å². The van der Waals surface area contributed by atoms with Gasteiger partial charge in [-0.1, -0.05) is 62.3 Å². The first-order valence-corrected chi connectivity index (χ1v) is 13.2. The van der Waals surface area contributed by atoms with E-state index in [1.807, 2.05) is 50.1 Å². The predicted octanol–water partition coefficient (Wildman–Crippen LogP) is 6.77. The fourth-order valence-corrected chi connectivity index (χ4v) is 5.38. The molecule has 3 atom stereocenters. The number of carbonyl (C=O) groups is 1.